The summed E-state index contributed by atoms with van der Waals surface area (Å²) in [4.78, 5) is 16.4. The van der Waals surface area contributed by atoms with Gasteiger partial charge in [-0.25, -0.2) is 9.37 Å². The number of amides is 1. The highest BCUT2D eigenvalue weighted by atomic mass is 35.5. The minimum absolute atomic E-state index is 0.117. The summed E-state index contributed by atoms with van der Waals surface area (Å²) in [6.07, 6.45) is 0. The van der Waals surface area contributed by atoms with Crippen molar-refractivity contribution >= 4 is 45.9 Å². The monoisotopic (exact) mass is 346 g/mol. The van der Waals surface area contributed by atoms with Gasteiger partial charge in [0, 0.05) is 10.4 Å². The molecule has 3 nitrogen and oxygen atoms in total. The van der Waals surface area contributed by atoms with Gasteiger partial charge in [-0.05, 0) is 30.3 Å². The fourth-order valence-electron chi connectivity index (χ4n) is 2.04. The Hall–Kier alpha value is -2.11. The number of carbonyl (C=O) groups is 1. The van der Waals surface area contributed by atoms with Crippen LogP contribution in [-0.2, 0) is 4.79 Å². The van der Waals surface area contributed by atoms with Crippen LogP contribution in [0.3, 0.4) is 0 Å². The summed E-state index contributed by atoms with van der Waals surface area (Å²) >= 11 is 6.98. The average Bonchev–Trinajstić information content (AvgIpc) is 2.55. The van der Waals surface area contributed by atoms with Crippen LogP contribution in [-0.4, -0.2) is 16.6 Å². The van der Waals surface area contributed by atoms with Crippen molar-refractivity contribution in [1.29, 1.82) is 0 Å². The molecule has 0 aliphatic carbocycles. The Morgan fingerprint density at radius 1 is 1.17 bits per heavy atom. The van der Waals surface area contributed by atoms with E-state index in [0.29, 0.717) is 0 Å². The first-order chi connectivity index (χ1) is 11.1. The molecule has 116 valence electrons. The summed E-state index contributed by atoms with van der Waals surface area (Å²) < 4.78 is 13.6. The topological polar surface area (TPSA) is 42.0 Å². The van der Waals surface area contributed by atoms with E-state index in [0.717, 1.165) is 22.0 Å². The first-order valence-corrected chi connectivity index (χ1v) is 8.22. The molecule has 0 saturated carbocycles. The van der Waals surface area contributed by atoms with E-state index in [4.69, 9.17) is 11.6 Å². The molecule has 0 unspecified atom stereocenters. The van der Waals surface area contributed by atoms with Gasteiger partial charge in [0.2, 0.25) is 5.91 Å². The summed E-state index contributed by atoms with van der Waals surface area (Å²) in [7, 11) is 0. The molecule has 3 aromatic rings. The predicted octanol–water partition coefficient (Wildman–Crippen LogP) is 4.76. The lowest BCUT2D eigenvalue weighted by Gasteiger charge is -2.07. The molecule has 6 heteroatoms. The summed E-state index contributed by atoms with van der Waals surface area (Å²) in [6.45, 7) is 0. The molecular formula is C17H12ClFN2OS. The number of halogens is 2. The lowest BCUT2D eigenvalue weighted by atomic mass is 10.2. The Kier molecular flexibility index (Phi) is 4.79. The maximum atomic E-state index is 13.6. The van der Waals surface area contributed by atoms with Crippen molar-refractivity contribution in [1.82, 2.24) is 4.98 Å². The number of rotatable bonds is 4. The smallest absolute Gasteiger partial charge is 0.234 e. The van der Waals surface area contributed by atoms with Crippen molar-refractivity contribution in [3.05, 3.63) is 65.4 Å². The zero-order valence-corrected chi connectivity index (χ0v) is 13.5. The standard InChI is InChI=1S/C17H12ClFN2OS/c18-12-6-7-15(13(19)9-12)20-16(22)10-23-17-8-5-11-3-1-2-4-14(11)21-17/h1-9H,10H2,(H,20,22). The number of carbonyl (C=O) groups excluding carboxylic acids is 1. The molecule has 0 aliphatic rings. The van der Waals surface area contributed by atoms with E-state index in [1.807, 2.05) is 36.4 Å². The van der Waals surface area contributed by atoms with Crippen LogP contribution in [0.5, 0.6) is 0 Å². The highest BCUT2D eigenvalue weighted by molar-refractivity contribution is 7.99. The number of aromatic nitrogens is 1. The van der Waals surface area contributed by atoms with Crippen LogP contribution >= 0.6 is 23.4 Å². The van der Waals surface area contributed by atoms with Crippen LogP contribution < -0.4 is 5.32 Å². The zero-order valence-electron chi connectivity index (χ0n) is 11.9. The van der Waals surface area contributed by atoms with Gasteiger partial charge >= 0.3 is 0 Å². The second kappa shape index (κ2) is 6.98. The Bertz CT molecular complexity index is 872. The van der Waals surface area contributed by atoms with Gasteiger partial charge in [0.15, 0.2) is 0 Å². The number of thioether (sulfide) groups is 1. The van der Waals surface area contributed by atoms with Gasteiger partial charge in [0.25, 0.3) is 0 Å². The highest BCUT2D eigenvalue weighted by Gasteiger charge is 2.09. The minimum atomic E-state index is -0.556. The summed E-state index contributed by atoms with van der Waals surface area (Å²) in [6, 6.07) is 15.7. The first-order valence-electron chi connectivity index (χ1n) is 6.85. The minimum Gasteiger partial charge on any atom is -0.323 e. The number of anilines is 1. The Morgan fingerprint density at radius 2 is 2.00 bits per heavy atom. The number of hydrogen-bond acceptors (Lipinski definition) is 3. The fraction of sp³-hybridized carbons (Fsp3) is 0.0588. The summed E-state index contributed by atoms with van der Waals surface area (Å²) in [5.41, 5.74) is 0.994. The van der Waals surface area contributed by atoms with Crippen molar-refractivity contribution < 1.29 is 9.18 Å². The third-order valence-corrected chi connectivity index (χ3v) is 4.29. The third-order valence-electron chi connectivity index (χ3n) is 3.13. The number of fused-ring (bicyclic) bond motifs is 1. The number of benzene rings is 2. The summed E-state index contributed by atoms with van der Waals surface area (Å²) in [5, 5.41) is 4.60. The van der Waals surface area contributed by atoms with E-state index in [9.17, 15) is 9.18 Å². The van der Waals surface area contributed by atoms with E-state index in [-0.39, 0.29) is 22.4 Å². The fourth-order valence-corrected chi connectivity index (χ4v) is 2.88. The van der Waals surface area contributed by atoms with E-state index < -0.39 is 5.82 Å². The van der Waals surface area contributed by atoms with Crippen molar-refractivity contribution in [2.45, 2.75) is 5.03 Å². The predicted molar refractivity (Wildman–Crippen MR) is 92.5 cm³/mol. The van der Waals surface area contributed by atoms with Gasteiger partial charge < -0.3 is 5.32 Å². The summed E-state index contributed by atoms with van der Waals surface area (Å²) in [5.74, 6) is -0.709. The molecule has 1 amide bonds. The maximum Gasteiger partial charge on any atom is 0.234 e. The van der Waals surface area contributed by atoms with Crippen LogP contribution in [0.2, 0.25) is 5.02 Å². The number of nitrogens with zero attached hydrogens (tertiary/aromatic N) is 1. The van der Waals surface area contributed by atoms with Gasteiger partial charge in [0.1, 0.15) is 5.82 Å². The van der Waals surface area contributed by atoms with Crippen molar-refractivity contribution in [3.8, 4) is 0 Å². The largest absolute Gasteiger partial charge is 0.323 e. The van der Waals surface area contributed by atoms with Gasteiger partial charge in [0.05, 0.1) is 22.0 Å². The average molecular weight is 347 g/mol. The quantitative estimate of drug-likeness (QED) is 0.693. The zero-order chi connectivity index (χ0) is 16.2. The van der Waals surface area contributed by atoms with E-state index >= 15 is 0 Å². The van der Waals surface area contributed by atoms with Crippen LogP contribution in [0.4, 0.5) is 10.1 Å². The number of nitrogens with one attached hydrogen (secondary N) is 1. The van der Waals surface area contributed by atoms with Gasteiger partial charge in [-0.3, -0.25) is 4.79 Å². The van der Waals surface area contributed by atoms with Crippen molar-refractivity contribution in [2.75, 3.05) is 11.1 Å². The van der Waals surface area contributed by atoms with Gasteiger partial charge in [-0.1, -0.05) is 47.6 Å². The lowest BCUT2D eigenvalue weighted by molar-refractivity contribution is -0.113. The molecule has 1 aromatic heterocycles. The van der Waals surface area contributed by atoms with Crippen molar-refractivity contribution in [2.24, 2.45) is 0 Å². The van der Waals surface area contributed by atoms with Crippen molar-refractivity contribution in [3.63, 3.8) is 0 Å². The van der Waals surface area contributed by atoms with E-state index in [1.165, 1.54) is 23.9 Å². The van der Waals surface area contributed by atoms with E-state index in [2.05, 4.69) is 10.3 Å². The molecular weight excluding hydrogens is 335 g/mol. The van der Waals surface area contributed by atoms with E-state index in [1.54, 1.807) is 0 Å². The molecule has 0 bridgehead atoms. The molecule has 3 rings (SSSR count). The SMILES string of the molecule is O=C(CSc1ccc2ccccc2n1)Nc1ccc(Cl)cc1F. The number of pyridine rings is 1. The van der Waals surface area contributed by atoms with Crippen LogP contribution in [0.15, 0.2) is 59.6 Å². The molecule has 0 spiro atoms. The van der Waals surface area contributed by atoms with Crippen LogP contribution in [0.25, 0.3) is 10.9 Å². The van der Waals surface area contributed by atoms with Crippen LogP contribution in [0.1, 0.15) is 0 Å². The molecule has 0 fully saturated rings. The lowest BCUT2D eigenvalue weighted by Crippen LogP contribution is -2.15. The molecule has 2 aromatic carbocycles. The highest BCUT2D eigenvalue weighted by Crippen LogP contribution is 2.22. The van der Waals surface area contributed by atoms with Gasteiger partial charge in [-0.15, -0.1) is 0 Å². The van der Waals surface area contributed by atoms with Crippen LogP contribution in [0, 0.1) is 5.82 Å². The second-order valence-electron chi connectivity index (χ2n) is 4.80. The number of hydrogen-bond donors (Lipinski definition) is 1. The first kappa shape index (κ1) is 15.8. The molecule has 0 radical (unpaired) electrons. The molecule has 1 heterocycles. The molecule has 0 atom stereocenters. The third kappa shape index (κ3) is 4.00. The molecule has 23 heavy (non-hydrogen) atoms. The van der Waals surface area contributed by atoms with Gasteiger partial charge in [-0.2, -0.15) is 0 Å². The number of para-hydroxylation sites is 1. The Balaban J connectivity index is 1.63. The Morgan fingerprint density at radius 3 is 2.83 bits per heavy atom. The normalized spacial score (nSPS) is 10.7. The molecule has 0 saturated heterocycles. The molecule has 0 aliphatic heterocycles. The Labute approximate surface area is 141 Å². The maximum absolute atomic E-state index is 13.6. The molecule has 1 N–H and O–H groups in total. The second-order valence-corrected chi connectivity index (χ2v) is 6.24.